The molecule has 0 bridgehead atoms. The van der Waals surface area contributed by atoms with Crippen LogP contribution < -0.4 is 0 Å². The zero-order chi connectivity index (χ0) is 21.5. The molecule has 164 valence electrons. The van der Waals surface area contributed by atoms with Crippen molar-refractivity contribution in [1.82, 2.24) is 14.2 Å². The summed E-state index contributed by atoms with van der Waals surface area (Å²) in [6, 6.07) is 3.73. The number of hydrogen-bond donors (Lipinski definition) is 0. The summed E-state index contributed by atoms with van der Waals surface area (Å²) >= 11 is 0. The standard InChI is InChI=1S/C21H29N3O5S/c1-21(2,3)14-29-20(25)23-11-16(12-23)30(26,27)24-9-6-15(7-10-24)17-13-28-18-5-4-8-22-19(17)18/h4-5,8,13,15-16H,6-7,9-12,14H2,1-3H3. The van der Waals surface area contributed by atoms with Crippen LogP contribution >= 0.6 is 0 Å². The van der Waals surface area contributed by atoms with Crippen molar-refractivity contribution in [2.45, 2.75) is 44.8 Å². The number of likely N-dealkylation sites (tertiary alicyclic amines) is 1. The summed E-state index contributed by atoms with van der Waals surface area (Å²) in [7, 11) is -3.42. The first-order chi connectivity index (χ1) is 14.1. The number of carbonyl (C=O) groups is 1. The molecule has 0 aromatic carbocycles. The van der Waals surface area contributed by atoms with Crippen LogP contribution in [0, 0.1) is 5.41 Å². The number of furan rings is 1. The van der Waals surface area contributed by atoms with Gasteiger partial charge in [0.1, 0.15) is 10.8 Å². The predicted molar refractivity (Wildman–Crippen MR) is 113 cm³/mol. The number of sulfonamides is 1. The minimum atomic E-state index is -3.42. The van der Waals surface area contributed by atoms with Gasteiger partial charge in [-0.15, -0.1) is 0 Å². The maximum absolute atomic E-state index is 13.0. The van der Waals surface area contributed by atoms with Crippen LogP contribution in [0.4, 0.5) is 4.79 Å². The van der Waals surface area contributed by atoms with Gasteiger partial charge in [-0.25, -0.2) is 17.5 Å². The van der Waals surface area contributed by atoms with E-state index in [0.29, 0.717) is 19.7 Å². The molecule has 0 unspecified atom stereocenters. The van der Waals surface area contributed by atoms with Crippen molar-refractivity contribution in [3.8, 4) is 0 Å². The van der Waals surface area contributed by atoms with Gasteiger partial charge in [-0.2, -0.15) is 0 Å². The van der Waals surface area contributed by atoms with Gasteiger partial charge < -0.3 is 14.1 Å². The Kier molecular flexibility index (Phi) is 5.52. The van der Waals surface area contributed by atoms with Gasteiger partial charge in [0, 0.05) is 37.9 Å². The van der Waals surface area contributed by atoms with Crippen LogP contribution in [0.15, 0.2) is 29.0 Å². The van der Waals surface area contributed by atoms with Crippen LogP contribution in [0.3, 0.4) is 0 Å². The molecule has 8 nitrogen and oxygen atoms in total. The molecule has 0 saturated carbocycles. The van der Waals surface area contributed by atoms with E-state index in [1.54, 1.807) is 16.8 Å². The molecule has 4 heterocycles. The van der Waals surface area contributed by atoms with Crippen LogP contribution in [-0.4, -0.2) is 66.7 Å². The van der Waals surface area contributed by atoms with Gasteiger partial charge >= 0.3 is 6.09 Å². The van der Waals surface area contributed by atoms with Crippen molar-refractivity contribution in [3.63, 3.8) is 0 Å². The molecule has 30 heavy (non-hydrogen) atoms. The summed E-state index contributed by atoms with van der Waals surface area (Å²) in [6.45, 7) is 7.59. The summed E-state index contributed by atoms with van der Waals surface area (Å²) in [5.74, 6) is 0.234. The van der Waals surface area contributed by atoms with Gasteiger partial charge in [0.05, 0.1) is 12.9 Å². The topological polar surface area (TPSA) is 93.0 Å². The van der Waals surface area contributed by atoms with E-state index in [9.17, 15) is 13.2 Å². The summed E-state index contributed by atoms with van der Waals surface area (Å²) in [5, 5.41) is -0.548. The van der Waals surface area contributed by atoms with Crippen molar-refractivity contribution in [1.29, 1.82) is 0 Å². The molecular formula is C21H29N3O5S. The van der Waals surface area contributed by atoms with Crippen molar-refractivity contribution in [3.05, 3.63) is 30.2 Å². The Hall–Kier alpha value is -2.13. The SMILES string of the molecule is CC(C)(C)COC(=O)N1CC(S(=O)(=O)N2CCC(c3coc4cccnc34)CC2)C1. The number of nitrogens with zero attached hydrogens (tertiary/aromatic N) is 3. The molecule has 2 aliphatic heterocycles. The molecule has 0 radical (unpaired) electrons. The Morgan fingerprint density at radius 3 is 2.63 bits per heavy atom. The fraction of sp³-hybridized carbons (Fsp3) is 0.619. The van der Waals surface area contributed by atoms with Crippen molar-refractivity contribution in [2.75, 3.05) is 32.8 Å². The lowest BCUT2D eigenvalue weighted by molar-refractivity contribution is 0.0564. The number of fused-ring (bicyclic) bond motifs is 1. The van der Waals surface area contributed by atoms with Crippen LogP contribution in [0.5, 0.6) is 0 Å². The highest BCUT2D eigenvalue weighted by atomic mass is 32.2. The first-order valence-corrected chi connectivity index (χ1v) is 11.9. The first kappa shape index (κ1) is 21.1. The molecular weight excluding hydrogens is 406 g/mol. The monoisotopic (exact) mass is 435 g/mol. The minimum absolute atomic E-state index is 0.119. The number of ether oxygens (including phenoxy) is 1. The highest BCUT2D eigenvalue weighted by molar-refractivity contribution is 7.89. The maximum atomic E-state index is 13.0. The largest absolute Gasteiger partial charge is 0.462 e. The van der Waals surface area contributed by atoms with E-state index in [1.165, 1.54) is 4.90 Å². The van der Waals surface area contributed by atoms with Gasteiger partial charge in [-0.05, 0) is 36.3 Å². The molecule has 2 saturated heterocycles. The highest BCUT2D eigenvalue weighted by Gasteiger charge is 2.44. The van der Waals surface area contributed by atoms with Gasteiger partial charge in [-0.3, -0.25) is 4.98 Å². The maximum Gasteiger partial charge on any atom is 0.409 e. The predicted octanol–water partition coefficient (Wildman–Crippen LogP) is 3.20. The highest BCUT2D eigenvalue weighted by Crippen LogP contribution is 2.35. The third-order valence-electron chi connectivity index (χ3n) is 5.77. The van der Waals surface area contributed by atoms with Gasteiger partial charge in [0.25, 0.3) is 0 Å². The fourth-order valence-corrected chi connectivity index (χ4v) is 5.83. The number of hydrogen-bond acceptors (Lipinski definition) is 6. The molecule has 2 aromatic rings. The number of amides is 1. The Morgan fingerprint density at radius 1 is 1.27 bits per heavy atom. The molecule has 2 fully saturated rings. The Balaban J connectivity index is 1.31. The third kappa shape index (κ3) is 4.18. The van der Waals surface area contributed by atoms with E-state index in [2.05, 4.69) is 4.98 Å². The van der Waals surface area contributed by atoms with E-state index in [-0.39, 0.29) is 24.4 Å². The van der Waals surface area contributed by atoms with E-state index >= 15 is 0 Å². The number of carbonyl (C=O) groups excluding carboxylic acids is 1. The third-order valence-corrected chi connectivity index (χ3v) is 7.99. The second kappa shape index (κ2) is 7.85. The van der Waals surface area contributed by atoms with Crippen molar-refractivity contribution in [2.24, 2.45) is 5.41 Å². The zero-order valence-electron chi connectivity index (χ0n) is 17.7. The molecule has 2 aliphatic rings. The van der Waals surface area contributed by atoms with Crippen LogP contribution in [0.2, 0.25) is 0 Å². The number of rotatable bonds is 4. The minimum Gasteiger partial charge on any atom is -0.462 e. The van der Waals surface area contributed by atoms with Crippen LogP contribution in [0.25, 0.3) is 11.1 Å². The lowest BCUT2D eigenvalue weighted by Crippen LogP contribution is -2.60. The average Bonchev–Trinajstić information content (AvgIpc) is 3.09. The molecule has 9 heteroatoms. The molecule has 2 aromatic heterocycles. The average molecular weight is 436 g/mol. The Morgan fingerprint density at radius 2 is 1.97 bits per heavy atom. The molecule has 1 amide bonds. The summed E-state index contributed by atoms with van der Waals surface area (Å²) in [6.07, 6.45) is 4.52. The van der Waals surface area contributed by atoms with Gasteiger partial charge in [0.15, 0.2) is 5.58 Å². The molecule has 0 N–H and O–H groups in total. The number of pyridine rings is 1. The van der Waals surface area contributed by atoms with Gasteiger partial charge in [-0.1, -0.05) is 20.8 Å². The van der Waals surface area contributed by atoms with Crippen molar-refractivity contribution >= 4 is 27.2 Å². The normalized spacial score (nSPS) is 19.8. The second-order valence-electron chi connectivity index (χ2n) is 9.40. The van der Waals surface area contributed by atoms with E-state index < -0.39 is 21.4 Å². The molecule has 4 rings (SSSR count). The molecule has 0 aliphatic carbocycles. The summed E-state index contributed by atoms with van der Waals surface area (Å²) in [4.78, 5) is 18.0. The Labute approximate surface area is 177 Å². The first-order valence-electron chi connectivity index (χ1n) is 10.4. The van der Waals surface area contributed by atoms with E-state index in [1.807, 2.05) is 32.9 Å². The van der Waals surface area contributed by atoms with Crippen LogP contribution in [-0.2, 0) is 14.8 Å². The molecule has 0 atom stereocenters. The van der Waals surface area contributed by atoms with Crippen molar-refractivity contribution < 1.29 is 22.4 Å². The fourth-order valence-electron chi connectivity index (χ4n) is 3.95. The summed E-state index contributed by atoms with van der Waals surface area (Å²) in [5.41, 5.74) is 2.56. The summed E-state index contributed by atoms with van der Waals surface area (Å²) < 4.78 is 38.4. The zero-order valence-corrected chi connectivity index (χ0v) is 18.5. The second-order valence-corrected chi connectivity index (χ2v) is 11.6. The van der Waals surface area contributed by atoms with Crippen LogP contribution in [0.1, 0.15) is 45.1 Å². The quantitative estimate of drug-likeness (QED) is 0.732. The number of aromatic nitrogens is 1. The smallest absolute Gasteiger partial charge is 0.409 e. The molecule has 0 spiro atoms. The number of piperidine rings is 1. The lowest BCUT2D eigenvalue weighted by atomic mass is 9.91. The lowest BCUT2D eigenvalue weighted by Gasteiger charge is -2.41. The van der Waals surface area contributed by atoms with E-state index in [4.69, 9.17) is 9.15 Å². The Bertz CT molecular complexity index is 1010. The van der Waals surface area contributed by atoms with E-state index in [0.717, 1.165) is 29.5 Å². The van der Waals surface area contributed by atoms with Gasteiger partial charge in [0.2, 0.25) is 10.0 Å².